The van der Waals surface area contributed by atoms with E-state index in [1.807, 2.05) is 4.90 Å². The van der Waals surface area contributed by atoms with Crippen molar-refractivity contribution in [3.8, 4) is 0 Å². The Balaban J connectivity index is 2.35. The second-order valence-corrected chi connectivity index (χ2v) is 6.39. The van der Waals surface area contributed by atoms with Crippen molar-refractivity contribution in [3.05, 3.63) is 0 Å². The van der Waals surface area contributed by atoms with E-state index in [-0.39, 0.29) is 0 Å². The normalized spacial score (nSPS) is 21.6. The number of hydrogen-bond donors (Lipinski definition) is 1. The smallest absolute Gasteiger partial charge is 0.222 e. The predicted octanol–water partition coefficient (Wildman–Crippen LogP) is 2.54. The third kappa shape index (κ3) is 5.07. The van der Waals surface area contributed by atoms with Crippen LogP contribution in [0.3, 0.4) is 0 Å². The van der Waals surface area contributed by atoms with Gasteiger partial charge in [0.1, 0.15) is 0 Å². The molecule has 1 heterocycles. The molecule has 0 saturated carbocycles. The van der Waals surface area contributed by atoms with Gasteiger partial charge in [-0.05, 0) is 37.5 Å². The summed E-state index contributed by atoms with van der Waals surface area (Å²) >= 11 is 0. The Kier molecular flexibility index (Phi) is 5.44. The minimum absolute atomic E-state index is 0.297. The molecule has 1 amide bonds. The molecule has 1 rings (SSSR count). The first kappa shape index (κ1) is 14.5. The fourth-order valence-corrected chi connectivity index (χ4v) is 2.49. The third-order valence-electron chi connectivity index (χ3n) is 3.54. The standard InChI is InChI=1S/C14H28N2O/c1-14(2,3)9-6-8-13(17)16-10-5-4-7-12(16)11-15/h12H,4-11,15H2,1-3H3. The van der Waals surface area contributed by atoms with Crippen LogP contribution in [-0.4, -0.2) is 29.9 Å². The first-order valence-corrected chi connectivity index (χ1v) is 6.93. The van der Waals surface area contributed by atoms with Crippen LogP contribution in [-0.2, 0) is 4.79 Å². The molecular formula is C14H28N2O. The van der Waals surface area contributed by atoms with Crippen molar-refractivity contribution in [3.63, 3.8) is 0 Å². The second kappa shape index (κ2) is 6.39. The molecule has 17 heavy (non-hydrogen) atoms. The molecule has 0 aromatic carbocycles. The summed E-state index contributed by atoms with van der Waals surface area (Å²) in [5.41, 5.74) is 6.06. The van der Waals surface area contributed by atoms with Gasteiger partial charge in [0.15, 0.2) is 0 Å². The maximum atomic E-state index is 12.1. The van der Waals surface area contributed by atoms with Crippen molar-refractivity contribution < 1.29 is 4.79 Å². The molecule has 100 valence electrons. The van der Waals surface area contributed by atoms with Gasteiger partial charge in [-0.2, -0.15) is 0 Å². The van der Waals surface area contributed by atoms with Crippen molar-refractivity contribution in [1.82, 2.24) is 4.90 Å². The number of amides is 1. The quantitative estimate of drug-likeness (QED) is 0.821. The molecular weight excluding hydrogens is 212 g/mol. The molecule has 3 heteroatoms. The number of rotatable bonds is 4. The number of likely N-dealkylation sites (tertiary alicyclic amines) is 1. The topological polar surface area (TPSA) is 46.3 Å². The molecule has 1 saturated heterocycles. The van der Waals surface area contributed by atoms with Gasteiger partial charge in [0.25, 0.3) is 0 Å². The Morgan fingerprint density at radius 2 is 2.06 bits per heavy atom. The Morgan fingerprint density at radius 3 is 2.65 bits per heavy atom. The lowest BCUT2D eigenvalue weighted by Crippen LogP contribution is -2.47. The number of carbonyl (C=O) groups is 1. The van der Waals surface area contributed by atoms with E-state index in [1.165, 1.54) is 6.42 Å². The molecule has 3 nitrogen and oxygen atoms in total. The van der Waals surface area contributed by atoms with Crippen molar-refractivity contribution in [2.24, 2.45) is 11.1 Å². The Bertz CT molecular complexity index is 245. The zero-order chi connectivity index (χ0) is 12.9. The summed E-state index contributed by atoms with van der Waals surface area (Å²) < 4.78 is 0. The summed E-state index contributed by atoms with van der Waals surface area (Å²) in [6, 6.07) is 0.297. The SMILES string of the molecule is CC(C)(C)CCCC(=O)N1CCCCC1CN. The molecule has 0 aromatic heterocycles. The fourth-order valence-electron chi connectivity index (χ4n) is 2.49. The summed E-state index contributed by atoms with van der Waals surface area (Å²) in [5.74, 6) is 0.310. The van der Waals surface area contributed by atoms with Crippen LogP contribution in [0, 0.1) is 5.41 Å². The van der Waals surface area contributed by atoms with E-state index in [0.717, 1.165) is 32.2 Å². The van der Waals surface area contributed by atoms with E-state index >= 15 is 0 Å². The summed E-state index contributed by atoms with van der Waals surface area (Å²) in [4.78, 5) is 14.1. The molecule has 0 radical (unpaired) electrons. The van der Waals surface area contributed by atoms with Gasteiger partial charge < -0.3 is 10.6 Å². The molecule has 1 aliphatic heterocycles. The van der Waals surface area contributed by atoms with Crippen LogP contribution >= 0.6 is 0 Å². The van der Waals surface area contributed by atoms with E-state index in [0.29, 0.717) is 30.3 Å². The van der Waals surface area contributed by atoms with E-state index in [2.05, 4.69) is 20.8 Å². The number of piperidine rings is 1. The highest BCUT2D eigenvalue weighted by atomic mass is 16.2. The van der Waals surface area contributed by atoms with Gasteiger partial charge in [-0.1, -0.05) is 20.8 Å². The molecule has 0 spiro atoms. The van der Waals surface area contributed by atoms with Crippen LogP contribution in [0.4, 0.5) is 0 Å². The van der Waals surface area contributed by atoms with Gasteiger partial charge in [0, 0.05) is 25.6 Å². The number of nitrogens with two attached hydrogens (primary N) is 1. The molecule has 0 aliphatic carbocycles. The monoisotopic (exact) mass is 240 g/mol. The van der Waals surface area contributed by atoms with Gasteiger partial charge in [-0.25, -0.2) is 0 Å². The largest absolute Gasteiger partial charge is 0.338 e. The first-order chi connectivity index (χ1) is 7.94. The highest BCUT2D eigenvalue weighted by Gasteiger charge is 2.25. The molecule has 1 atom stereocenters. The van der Waals surface area contributed by atoms with Gasteiger partial charge in [-0.15, -0.1) is 0 Å². The zero-order valence-corrected chi connectivity index (χ0v) is 11.7. The Morgan fingerprint density at radius 1 is 1.35 bits per heavy atom. The van der Waals surface area contributed by atoms with E-state index in [4.69, 9.17) is 5.73 Å². The third-order valence-corrected chi connectivity index (χ3v) is 3.54. The van der Waals surface area contributed by atoms with E-state index in [1.54, 1.807) is 0 Å². The lowest BCUT2D eigenvalue weighted by molar-refractivity contribution is -0.134. The van der Waals surface area contributed by atoms with Crippen molar-refractivity contribution in [2.45, 2.75) is 65.3 Å². The maximum absolute atomic E-state index is 12.1. The summed E-state index contributed by atoms with van der Waals surface area (Å²) in [7, 11) is 0. The second-order valence-electron chi connectivity index (χ2n) is 6.39. The summed E-state index contributed by atoms with van der Waals surface area (Å²) in [5, 5.41) is 0. The number of hydrogen-bond acceptors (Lipinski definition) is 2. The highest BCUT2D eigenvalue weighted by Crippen LogP contribution is 2.23. The molecule has 0 aromatic rings. The first-order valence-electron chi connectivity index (χ1n) is 6.93. The summed E-state index contributed by atoms with van der Waals surface area (Å²) in [6.07, 6.45) is 6.24. The maximum Gasteiger partial charge on any atom is 0.222 e. The predicted molar refractivity (Wildman–Crippen MR) is 71.7 cm³/mol. The van der Waals surface area contributed by atoms with Crippen LogP contribution in [0.2, 0.25) is 0 Å². The molecule has 1 unspecified atom stereocenters. The van der Waals surface area contributed by atoms with E-state index in [9.17, 15) is 4.79 Å². The lowest BCUT2D eigenvalue weighted by Gasteiger charge is -2.35. The summed E-state index contributed by atoms with van der Waals surface area (Å²) in [6.45, 7) is 8.20. The fraction of sp³-hybridized carbons (Fsp3) is 0.929. The average molecular weight is 240 g/mol. The minimum Gasteiger partial charge on any atom is -0.338 e. The van der Waals surface area contributed by atoms with Crippen molar-refractivity contribution >= 4 is 5.91 Å². The van der Waals surface area contributed by atoms with Crippen LogP contribution < -0.4 is 5.73 Å². The van der Waals surface area contributed by atoms with Gasteiger partial charge in [0.05, 0.1) is 0 Å². The van der Waals surface area contributed by atoms with Crippen LogP contribution in [0.5, 0.6) is 0 Å². The molecule has 0 bridgehead atoms. The highest BCUT2D eigenvalue weighted by molar-refractivity contribution is 5.76. The average Bonchev–Trinajstić information content (AvgIpc) is 2.27. The van der Waals surface area contributed by atoms with Crippen LogP contribution in [0.25, 0.3) is 0 Å². The van der Waals surface area contributed by atoms with E-state index < -0.39 is 0 Å². The van der Waals surface area contributed by atoms with Crippen LogP contribution in [0.15, 0.2) is 0 Å². The Labute approximate surface area is 106 Å². The molecule has 2 N–H and O–H groups in total. The Hall–Kier alpha value is -0.570. The van der Waals surface area contributed by atoms with Crippen molar-refractivity contribution in [2.75, 3.05) is 13.1 Å². The van der Waals surface area contributed by atoms with Gasteiger partial charge in [-0.3, -0.25) is 4.79 Å². The van der Waals surface area contributed by atoms with Gasteiger partial charge >= 0.3 is 0 Å². The van der Waals surface area contributed by atoms with Gasteiger partial charge in [0.2, 0.25) is 5.91 Å². The molecule has 1 aliphatic rings. The number of nitrogens with zero attached hydrogens (tertiary/aromatic N) is 1. The molecule has 1 fully saturated rings. The number of carbonyl (C=O) groups excluding carboxylic acids is 1. The van der Waals surface area contributed by atoms with Crippen molar-refractivity contribution in [1.29, 1.82) is 0 Å². The minimum atomic E-state index is 0.297. The van der Waals surface area contributed by atoms with Crippen LogP contribution in [0.1, 0.15) is 59.3 Å². The zero-order valence-electron chi connectivity index (χ0n) is 11.7. The lowest BCUT2D eigenvalue weighted by atomic mass is 9.89.